The highest BCUT2D eigenvalue weighted by molar-refractivity contribution is 5.76. The highest BCUT2D eigenvalue weighted by Crippen LogP contribution is 2.23. The van der Waals surface area contributed by atoms with Crippen LogP contribution >= 0.6 is 0 Å². The van der Waals surface area contributed by atoms with Crippen LogP contribution in [0.1, 0.15) is 84.5 Å². The molecule has 21 heavy (non-hydrogen) atoms. The molecule has 3 nitrogen and oxygen atoms in total. The van der Waals surface area contributed by atoms with Crippen molar-refractivity contribution in [1.82, 2.24) is 10.2 Å². The highest BCUT2D eigenvalue weighted by Gasteiger charge is 2.25. The van der Waals surface area contributed by atoms with Gasteiger partial charge in [0.05, 0.1) is 0 Å². The average molecular weight is 296 g/mol. The molecule has 1 rings (SSSR count). The number of rotatable bonds is 10. The van der Waals surface area contributed by atoms with Gasteiger partial charge in [-0.05, 0) is 45.1 Å². The second-order valence-corrected chi connectivity index (χ2v) is 6.63. The van der Waals surface area contributed by atoms with Gasteiger partial charge in [0.25, 0.3) is 0 Å². The molecule has 0 aromatic rings. The molecule has 1 amide bonds. The van der Waals surface area contributed by atoms with Crippen molar-refractivity contribution in [3.63, 3.8) is 0 Å². The van der Waals surface area contributed by atoms with Crippen LogP contribution < -0.4 is 5.32 Å². The van der Waals surface area contributed by atoms with Crippen molar-refractivity contribution >= 4 is 5.91 Å². The first-order valence-electron chi connectivity index (χ1n) is 9.18. The van der Waals surface area contributed by atoms with Crippen molar-refractivity contribution in [1.29, 1.82) is 0 Å². The fourth-order valence-corrected chi connectivity index (χ4v) is 3.28. The summed E-state index contributed by atoms with van der Waals surface area (Å²) in [5.74, 6) is 0.358. The van der Waals surface area contributed by atoms with Crippen LogP contribution in [0.3, 0.4) is 0 Å². The van der Waals surface area contributed by atoms with Gasteiger partial charge in [0.1, 0.15) is 0 Å². The molecule has 1 fully saturated rings. The Morgan fingerprint density at radius 3 is 2.29 bits per heavy atom. The fourth-order valence-electron chi connectivity index (χ4n) is 3.28. The van der Waals surface area contributed by atoms with E-state index in [1.807, 2.05) is 11.9 Å². The zero-order valence-corrected chi connectivity index (χ0v) is 14.5. The van der Waals surface area contributed by atoms with Crippen LogP contribution in [0.2, 0.25) is 0 Å². The molecule has 0 radical (unpaired) electrons. The minimum atomic E-state index is 0.358. The molecular weight excluding hydrogens is 260 g/mol. The van der Waals surface area contributed by atoms with E-state index < -0.39 is 0 Å². The van der Waals surface area contributed by atoms with Gasteiger partial charge in [-0.1, -0.05) is 39.5 Å². The van der Waals surface area contributed by atoms with Gasteiger partial charge < -0.3 is 10.2 Å². The number of carbonyl (C=O) groups is 1. The van der Waals surface area contributed by atoms with Crippen molar-refractivity contribution in [3.8, 4) is 0 Å². The molecule has 0 unspecified atom stereocenters. The van der Waals surface area contributed by atoms with E-state index >= 15 is 0 Å². The molecule has 1 aliphatic carbocycles. The van der Waals surface area contributed by atoms with Crippen LogP contribution in [0.25, 0.3) is 0 Å². The Balaban J connectivity index is 2.17. The number of nitrogens with zero attached hydrogens (tertiary/aromatic N) is 1. The average Bonchev–Trinajstić information content (AvgIpc) is 2.52. The molecule has 1 saturated carbocycles. The summed E-state index contributed by atoms with van der Waals surface area (Å²) in [4.78, 5) is 14.3. The first-order chi connectivity index (χ1) is 10.2. The molecule has 0 bridgehead atoms. The van der Waals surface area contributed by atoms with Gasteiger partial charge in [0.15, 0.2) is 0 Å². The molecule has 3 heteroatoms. The molecule has 1 aliphatic rings. The zero-order valence-electron chi connectivity index (χ0n) is 14.5. The summed E-state index contributed by atoms with van der Waals surface area (Å²) in [5.41, 5.74) is 0. The molecule has 0 aromatic carbocycles. The fraction of sp³-hybridized carbons (Fsp3) is 0.944. The van der Waals surface area contributed by atoms with Crippen molar-refractivity contribution in [2.24, 2.45) is 0 Å². The van der Waals surface area contributed by atoms with Crippen LogP contribution in [-0.2, 0) is 4.79 Å². The molecule has 1 N–H and O–H groups in total. The van der Waals surface area contributed by atoms with Gasteiger partial charge in [0, 0.05) is 25.6 Å². The van der Waals surface area contributed by atoms with E-state index in [-0.39, 0.29) is 0 Å². The van der Waals surface area contributed by atoms with E-state index in [2.05, 4.69) is 19.2 Å². The number of nitrogens with one attached hydrogen (secondary N) is 1. The second-order valence-electron chi connectivity index (χ2n) is 6.63. The number of hydrogen-bond acceptors (Lipinski definition) is 2. The lowest BCUT2D eigenvalue weighted by Crippen LogP contribution is -2.43. The normalized spacial score (nSPS) is 22.2. The van der Waals surface area contributed by atoms with E-state index in [4.69, 9.17) is 0 Å². The summed E-state index contributed by atoms with van der Waals surface area (Å²) in [6, 6.07) is 1.16. The zero-order chi connectivity index (χ0) is 15.5. The van der Waals surface area contributed by atoms with E-state index in [0.717, 1.165) is 19.4 Å². The summed E-state index contributed by atoms with van der Waals surface area (Å²) in [6.45, 7) is 5.57. The van der Waals surface area contributed by atoms with E-state index in [1.54, 1.807) is 0 Å². The lowest BCUT2D eigenvalue weighted by atomic mass is 9.90. The molecule has 0 saturated heterocycles. The Morgan fingerprint density at radius 2 is 1.67 bits per heavy atom. The van der Waals surface area contributed by atoms with Crippen molar-refractivity contribution in [2.75, 3.05) is 13.6 Å². The summed E-state index contributed by atoms with van der Waals surface area (Å²) in [7, 11) is 2.01. The van der Waals surface area contributed by atoms with Crippen LogP contribution in [-0.4, -0.2) is 36.5 Å². The smallest absolute Gasteiger partial charge is 0.222 e. The van der Waals surface area contributed by atoms with Gasteiger partial charge in [-0.2, -0.15) is 0 Å². The Labute approximate surface area is 131 Å². The molecule has 0 aromatic heterocycles. The van der Waals surface area contributed by atoms with E-state index in [9.17, 15) is 4.79 Å². The Morgan fingerprint density at radius 1 is 1.00 bits per heavy atom. The number of hydrogen-bond donors (Lipinski definition) is 1. The quantitative estimate of drug-likeness (QED) is 0.615. The van der Waals surface area contributed by atoms with Gasteiger partial charge in [-0.25, -0.2) is 0 Å². The first-order valence-corrected chi connectivity index (χ1v) is 9.18. The standard InChI is InChI=1S/C18H36N2O/c1-4-6-7-8-9-10-18(21)20(3)17-13-11-16(12-14-17)19-15-5-2/h16-17,19H,4-15H2,1-3H3. The SMILES string of the molecule is CCCCCCCC(=O)N(C)C1CCC(NCCC)CC1. The Kier molecular flexibility index (Phi) is 9.73. The predicted molar refractivity (Wildman–Crippen MR) is 90.5 cm³/mol. The third-order valence-electron chi connectivity index (χ3n) is 4.82. The van der Waals surface area contributed by atoms with E-state index in [1.165, 1.54) is 57.8 Å². The number of amides is 1. The maximum absolute atomic E-state index is 12.2. The number of carbonyl (C=O) groups excluding carboxylic acids is 1. The molecule has 124 valence electrons. The molecular formula is C18H36N2O. The van der Waals surface area contributed by atoms with Crippen molar-refractivity contribution in [3.05, 3.63) is 0 Å². The minimum absolute atomic E-state index is 0.358. The topological polar surface area (TPSA) is 32.3 Å². The molecule has 0 heterocycles. The van der Waals surface area contributed by atoms with Crippen LogP contribution in [0, 0.1) is 0 Å². The monoisotopic (exact) mass is 296 g/mol. The molecule has 0 aliphatic heterocycles. The number of unbranched alkanes of at least 4 members (excludes halogenated alkanes) is 4. The highest BCUT2D eigenvalue weighted by atomic mass is 16.2. The van der Waals surface area contributed by atoms with Gasteiger partial charge in [-0.3, -0.25) is 4.79 Å². The maximum Gasteiger partial charge on any atom is 0.222 e. The summed E-state index contributed by atoms with van der Waals surface area (Å²) in [5, 5.41) is 3.61. The van der Waals surface area contributed by atoms with E-state index in [0.29, 0.717) is 18.0 Å². The largest absolute Gasteiger partial charge is 0.343 e. The molecule has 0 atom stereocenters. The van der Waals surface area contributed by atoms with Gasteiger partial charge >= 0.3 is 0 Å². The first kappa shape index (κ1) is 18.5. The maximum atomic E-state index is 12.2. The Bertz CT molecular complexity index is 272. The lowest BCUT2D eigenvalue weighted by molar-refractivity contribution is -0.132. The molecule has 0 spiro atoms. The second kappa shape index (κ2) is 11.1. The Hall–Kier alpha value is -0.570. The summed E-state index contributed by atoms with van der Waals surface area (Å²) in [6.07, 6.45) is 12.8. The van der Waals surface area contributed by atoms with Gasteiger partial charge in [-0.15, -0.1) is 0 Å². The third kappa shape index (κ3) is 7.30. The van der Waals surface area contributed by atoms with Crippen molar-refractivity contribution in [2.45, 2.75) is 96.6 Å². The third-order valence-corrected chi connectivity index (χ3v) is 4.82. The van der Waals surface area contributed by atoms with Crippen LogP contribution in [0.5, 0.6) is 0 Å². The van der Waals surface area contributed by atoms with Gasteiger partial charge in [0.2, 0.25) is 5.91 Å². The van der Waals surface area contributed by atoms with Crippen LogP contribution in [0.15, 0.2) is 0 Å². The van der Waals surface area contributed by atoms with Crippen LogP contribution in [0.4, 0.5) is 0 Å². The van der Waals surface area contributed by atoms with Crippen molar-refractivity contribution < 1.29 is 4.79 Å². The summed E-state index contributed by atoms with van der Waals surface area (Å²) < 4.78 is 0. The lowest BCUT2D eigenvalue weighted by Gasteiger charge is -2.35. The minimum Gasteiger partial charge on any atom is -0.343 e. The summed E-state index contributed by atoms with van der Waals surface area (Å²) >= 11 is 0. The predicted octanol–water partition coefficient (Wildman–Crippen LogP) is 4.12.